The lowest BCUT2D eigenvalue weighted by Crippen LogP contribution is -2.05. The monoisotopic (exact) mass is 154 g/mol. The largest absolute Gasteiger partial charge is 0.100 e. The van der Waals surface area contributed by atoms with Crippen LogP contribution in [-0.4, -0.2) is 0 Å². The predicted molar refractivity (Wildman–Crippen MR) is 52.7 cm³/mol. The van der Waals surface area contributed by atoms with Crippen molar-refractivity contribution in [2.75, 3.05) is 0 Å². The first-order chi connectivity index (χ1) is 4.79. The molecule has 1 aliphatic rings. The molecule has 0 aromatic heterocycles. The second-order valence-electron chi connectivity index (χ2n) is 3.67. The van der Waals surface area contributed by atoms with E-state index in [9.17, 15) is 0 Å². The van der Waals surface area contributed by atoms with Crippen LogP contribution in [0.3, 0.4) is 0 Å². The third-order valence-corrected chi connectivity index (χ3v) is 2.36. The third-order valence-electron chi connectivity index (χ3n) is 2.36. The molecular weight excluding hydrogens is 132 g/mol. The first-order valence-corrected chi connectivity index (χ1v) is 4.43. The molecule has 0 amide bonds. The van der Waals surface area contributed by atoms with Crippen LogP contribution in [0.5, 0.6) is 0 Å². The van der Waals surface area contributed by atoms with E-state index in [4.69, 9.17) is 0 Å². The molecule has 0 saturated heterocycles. The average molecular weight is 154 g/mol. The summed E-state index contributed by atoms with van der Waals surface area (Å²) in [6.45, 7) is 6.10. The van der Waals surface area contributed by atoms with E-state index >= 15 is 0 Å². The Bertz CT molecular complexity index is 107. The van der Waals surface area contributed by atoms with Gasteiger partial charge in [0.25, 0.3) is 0 Å². The van der Waals surface area contributed by atoms with E-state index in [1.807, 2.05) is 0 Å². The van der Waals surface area contributed by atoms with Crippen LogP contribution >= 0.6 is 0 Å². The average Bonchev–Trinajstić information content (AvgIpc) is 1.88. The van der Waals surface area contributed by atoms with Gasteiger partial charge in [-0.05, 0) is 19.3 Å². The molecule has 0 unspecified atom stereocenters. The van der Waals surface area contributed by atoms with E-state index in [1.54, 1.807) is 0 Å². The summed E-state index contributed by atoms with van der Waals surface area (Å²) >= 11 is 0. The lowest BCUT2D eigenvalue weighted by Gasteiger charge is -2.21. The van der Waals surface area contributed by atoms with E-state index in [0.717, 1.165) is 5.92 Å². The van der Waals surface area contributed by atoms with Gasteiger partial charge in [0.2, 0.25) is 0 Å². The van der Waals surface area contributed by atoms with Crippen molar-refractivity contribution in [3.8, 4) is 0 Å². The Labute approximate surface area is 71.7 Å². The van der Waals surface area contributed by atoms with E-state index in [0.29, 0.717) is 0 Å². The molecule has 0 bridgehead atoms. The van der Waals surface area contributed by atoms with Crippen molar-refractivity contribution in [3.63, 3.8) is 0 Å². The molecule has 0 N–H and O–H groups in total. The smallest absolute Gasteiger partial charge is 0.0297 e. The summed E-state index contributed by atoms with van der Waals surface area (Å²) in [5.74, 6) is 0.978. The Hall–Kier alpha value is -0.260. The maximum atomic E-state index is 3.95. The molecule has 0 atom stereocenters. The zero-order valence-electron chi connectivity index (χ0n) is 7.03. The van der Waals surface area contributed by atoms with Gasteiger partial charge in [0.05, 0.1) is 0 Å². The number of hydrogen-bond acceptors (Lipinski definition) is 0. The summed E-state index contributed by atoms with van der Waals surface area (Å²) in [6, 6.07) is 0. The minimum absolute atomic E-state index is 0. The number of hydrogen-bond donors (Lipinski definition) is 0. The van der Waals surface area contributed by atoms with Crippen molar-refractivity contribution in [1.82, 2.24) is 0 Å². The minimum Gasteiger partial charge on any atom is -0.100 e. The lowest BCUT2D eigenvalue weighted by molar-refractivity contribution is 0.356. The molecule has 1 aliphatic carbocycles. The summed E-state index contributed by atoms with van der Waals surface area (Å²) in [6.07, 6.45) is 8.56. The Kier molecular flexibility index (Phi) is 5.27. The maximum Gasteiger partial charge on any atom is -0.0297 e. The van der Waals surface area contributed by atoms with Gasteiger partial charge in [-0.15, -0.1) is 6.58 Å². The molecule has 1 fully saturated rings. The van der Waals surface area contributed by atoms with Crippen LogP contribution in [0.2, 0.25) is 0 Å². The summed E-state index contributed by atoms with van der Waals surface area (Å²) in [4.78, 5) is 0. The third kappa shape index (κ3) is 4.23. The topological polar surface area (TPSA) is 0 Å². The van der Waals surface area contributed by atoms with Gasteiger partial charge < -0.3 is 0 Å². The van der Waals surface area contributed by atoms with Crippen LogP contribution in [0.25, 0.3) is 0 Å². The maximum absolute atomic E-state index is 3.95. The van der Waals surface area contributed by atoms with Gasteiger partial charge in [0.15, 0.2) is 0 Å². The summed E-state index contributed by atoms with van der Waals surface area (Å²) < 4.78 is 0. The van der Waals surface area contributed by atoms with E-state index in [1.165, 1.54) is 44.1 Å². The van der Waals surface area contributed by atoms with Crippen molar-refractivity contribution in [2.24, 2.45) is 5.92 Å². The quantitative estimate of drug-likeness (QED) is 0.524. The molecule has 0 aromatic rings. The summed E-state index contributed by atoms with van der Waals surface area (Å²) in [5, 5.41) is 0. The highest BCUT2D eigenvalue weighted by molar-refractivity contribution is 4.90. The zero-order valence-corrected chi connectivity index (χ0v) is 7.03. The second-order valence-corrected chi connectivity index (χ2v) is 3.67. The van der Waals surface area contributed by atoms with Crippen molar-refractivity contribution in [3.05, 3.63) is 12.2 Å². The van der Waals surface area contributed by atoms with Gasteiger partial charge in [-0.25, -0.2) is 0 Å². The first kappa shape index (κ1) is 10.7. The van der Waals surface area contributed by atoms with E-state index < -0.39 is 0 Å². The molecule has 0 spiro atoms. The Morgan fingerprint density at radius 1 is 1.27 bits per heavy atom. The number of rotatable bonds is 2. The fraction of sp³-hybridized carbons (Fsp3) is 0.818. The van der Waals surface area contributed by atoms with Crippen molar-refractivity contribution in [2.45, 2.75) is 52.9 Å². The molecule has 1 saturated carbocycles. The van der Waals surface area contributed by atoms with Gasteiger partial charge in [0.1, 0.15) is 0 Å². The molecule has 0 aromatic carbocycles. The molecule has 0 aliphatic heterocycles. The van der Waals surface area contributed by atoms with E-state index in [2.05, 4.69) is 13.5 Å². The normalized spacial score (nSPS) is 19.0. The van der Waals surface area contributed by atoms with Gasteiger partial charge in [-0.3, -0.25) is 0 Å². The van der Waals surface area contributed by atoms with Crippen LogP contribution in [0, 0.1) is 5.92 Å². The van der Waals surface area contributed by atoms with Gasteiger partial charge in [-0.2, -0.15) is 0 Å². The summed E-state index contributed by atoms with van der Waals surface area (Å²) in [5.41, 5.74) is 1.37. The Balaban J connectivity index is 0.000001000. The highest BCUT2D eigenvalue weighted by Crippen LogP contribution is 2.27. The van der Waals surface area contributed by atoms with Gasteiger partial charge in [-0.1, -0.05) is 45.1 Å². The Morgan fingerprint density at radius 2 is 1.82 bits per heavy atom. The molecule has 0 radical (unpaired) electrons. The van der Waals surface area contributed by atoms with Crippen LogP contribution in [-0.2, 0) is 0 Å². The standard InChI is InChI=1S/C10H18.CH4/c1-9(2)8-10-6-4-3-5-7-10;/h10H,1,3-8H2,2H3;1H4. The second kappa shape index (κ2) is 5.40. The minimum atomic E-state index is 0. The molecule has 1 rings (SSSR count). The SMILES string of the molecule is C.C=C(C)CC1CCCCC1. The number of allylic oxidation sites excluding steroid dienone is 1. The molecule has 11 heavy (non-hydrogen) atoms. The molecule has 66 valence electrons. The van der Waals surface area contributed by atoms with Gasteiger partial charge in [0, 0.05) is 0 Å². The first-order valence-electron chi connectivity index (χ1n) is 4.43. The predicted octanol–water partition coefficient (Wildman–Crippen LogP) is 4.17. The lowest BCUT2D eigenvalue weighted by atomic mass is 9.85. The molecule has 0 heterocycles. The molecule has 0 nitrogen and oxygen atoms in total. The van der Waals surface area contributed by atoms with Crippen LogP contribution in [0.4, 0.5) is 0 Å². The zero-order chi connectivity index (χ0) is 7.40. The van der Waals surface area contributed by atoms with Crippen LogP contribution in [0.15, 0.2) is 12.2 Å². The van der Waals surface area contributed by atoms with Crippen molar-refractivity contribution >= 4 is 0 Å². The van der Waals surface area contributed by atoms with Crippen molar-refractivity contribution < 1.29 is 0 Å². The van der Waals surface area contributed by atoms with Crippen molar-refractivity contribution in [1.29, 1.82) is 0 Å². The fourth-order valence-electron chi connectivity index (χ4n) is 1.88. The highest BCUT2D eigenvalue weighted by Gasteiger charge is 2.12. The highest BCUT2D eigenvalue weighted by atomic mass is 14.2. The van der Waals surface area contributed by atoms with Crippen LogP contribution in [0.1, 0.15) is 52.9 Å². The fourth-order valence-corrected chi connectivity index (χ4v) is 1.88. The Morgan fingerprint density at radius 3 is 2.27 bits per heavy atom. The molecule has 0 heteroatoms. The van der Waals surface area contributed by atoms with E-state index in [-0.39, 0.29) is 7.43 Å². The molecular formula is C11H22. The summed E-state index contributed by atoms with van der Waals surface area (Å²) in [7, 11) is 0. The van der Waals surface area contributed by atoms with Gasteiger partial charge >= 0.3 is 0 Å². The van der Waals surface area contributed by atoms with Crippen LogP contribution < -0.4 is 0 Å².